The Hall–Kier alpha value is -0.120. The SMILES string of the molecule is CCCN1CCN(CC2(C)CCCN2)CC1. The summed E-state index contributed by atoms with van der Waals surface area (Å²) in [6.07, 6.45) is 3.99. The molecule has 2 aliphatic heterocycles. The Morgan fingerprint density at radius 1 is 1.12 bits per heavy atom. The predicted octanol–water partition coefficient (Wildman–Crippen LogP) is 1.16. The van der Waals surface area contributed by atoms with Crippen LogP contribution in [-0.2, 0) is 0 Å². The minimum absolute atomic E-state index is 0.396. The van der Waals surface area contributed by atoms with Crippen LogP contribution < -0.4 is 5.32 Å². The third-order valence-corrected chi connectivity index (χ3v) is 4.03. The van der Waals surface area contributed by atoms with Crippen molar-refractivity contribution < 1.29 is 0 Å². The summed E-state index contributed by atoms with van der Waals surface area (Å²) in [5, 5.41) is 3.66. The molecular weight excluding hydrogens is 198 g/mol. The van der Waals surface area contributed by atoms with Crippen molar-refractivity contribution in [3.05, 3.63) is 0 Å². The average Bonchev–Trinajstić information content (AvgIpc) is 2.68. The smallest absolute Gasteiger partial charge is 0.0280 e. The van der Waals surface area contributed by atoms with Gasteiger partial charge in [-0.15, -0.1) is 0 Å². The molecule has 0 saturated carbocycles. The summed E-state index contributed by atoms with van der Waals surface area (Å²) in [5.74, 6) is 0. The molecule has 2 rings (SSSR count). The second-order valence-corrected chi connectivity index (χ2v) is 5.71. The van der Waals surface area contributed by atoms with Crippen LogP contribution >= 0.6 is 0 Å². The molecule has 0 aromatic heterocycles. The highest BCUT2D eigenvalue weighted by Crippen LogP contribution is 2.20. The van der Waals surface area contributed by atoms with Gasteiger partial charge in [-0.05, 0) is 39.3 Å². The normalized spacial score (nSPS) is 33.4. The van der Waals surface area contributed by atoms with E-state index in [0.29, 0.717) is 5.54 Å². The maximum Gasteiger partial charge on any atom is 0.0280 e. The maximum atomic E-state index is 3.66. The van der Waals surface area contributed by atoms with Crippen molar-refractivity contribution in [3.63, 3.8) is 0 Å². The van der Waals surface area contributed by atoms with E-state index in [1.165, 1.54) is 65.1 Å². The lowest BCUT2D eigenvalue weighted by atomic mass is 9.99. The molecule has 2 aliphatic rings. The van der Waals surface area contributed by atoms with Crippen LogP contribution in [0.4, 0.5) is 0 Å². The molecule has 94 valence electrons. The van der Waals surface area contributed by atoms with Gasteiger partial charge in [0.15, 0.2) is 0 Å². The molecule has 3 heteroatoms. The molecule has 0 amide bonds. The molecule has 1 unspecified atom stereocenters. The zero-order valence-electron chi connectivity index (χ0n) is 11.0. The molecule has 16 heavy (non-hydrogen) atoms. The van der Waals surface area contributed by atoms with Gasteiger partial charge in [0.1, 0.15) is 0 Å². The van der Waals surface area contributed by atoms with Crippen LogP contribution in [0.3, 0.4) is 0 Å². The van der Waals surface area contributed by atoms with Crippen molar-refractivity contribution >= 4 is 0 Å². The Labute approximate surface area is 100 Å². The summed E-state index contributed by atoms with van der Waals surface area (Å²) >= 11 is 0. The first-order valence-corrected chi connectivity index (χ1v) is 6.92. The lowest BCUT2D eigenvalue weighted by Gasteiger charge is -2.39. The van der Waals surface area contributed by atoms with Gasteiger partial charge in [-0.1, -0.05) is 6.92 Å². The fourth-order valence-electron chi connectivity index (χ4n) is 3.07. The molecule has 3 nitrogen and oxygen atoms in total. The van der Waals surface area contributed by atoms with Crippen LogP contribution in [0.1, 0.15) is 33.1 Å². The van der Waals surface area contributed by atoms with Gasteiger partial charge >= 0.3 is 0 Å². The van der Waals surface area contributed by atoms with E-state index in [0.717, 1.165) is 0 Å². The lowest BCUT2D eigenvalue weighted by molar-refractivity contribution is 0.109. The van der Waals surface area contributed by atoms with Gasteiger partial charge in [0, 0.05) is 38.3 Å². The molecule has 0 aliphatic carbocycles. The van der Waals surface area contributed by atoms with Crippen LogP contribution in [-0.4, -0.2) is 61.2 Å². The number of piperazine rings is 1. The Morgan fingerprint density at radius 2 is 1.81 bits per heavy atom. The molecule has 0 bridgehead atoms. The molecule has 2 heterocycles. The van der Waals surface area contributed by atoms with E-state index in [4.69, 9.17) is 0 Å². The summed E-state index contributed by atoms with van der Waals surface area (Å²) in [4.78, 5) is 5.24. The second kappa shape index (κ2) is 5.48. The van der Waals surface area contributed by atoms with Crippen LogP contribution in [0.2, 0.25) is 0 Å². The van der Waals surface area contributed by atoms with Gasteiger partial charge in [-0.3, -0.25) is 4.90 Å². The zero-order chi connectivity index (χ0) is 11.4. The summed E-state index contributed by atoms with van der Waals surface area (Å²) in [7, 11) is 0. The molecule has 0 spiro atoms. The van der Waals surface area contributed by atoms with E-state index in [1.807, 2.05) is 0 Å². The fraction of sp³-hybridized carbons (Fsp3) is 1.00. The number of hydrogen-bond acceptors (Lipinski definition) is 3. The zero-order valence-corrected chi connectivity index (χ0v) is 11.0. The lowest BCUT2D eigenvalue weighted by Crippen LogP contribution is -2.53. The molecule has 1 N–H and O–H groups in total. The number of hydrogen-bond donors (Lipinski definition) is 1. The fourth-order valence-corrected chi connectivity index (χ4v) is 3.07. The number of nitrogens with one attached hydrogen (secondary N) is 1. The molecule has 0 aromatic carbocycles. The molecule has 0 radical (unpaired) electrons. The second-order valence-electron chi connectivity index (χ2n) is 5.71. The first-order chi connectivity index (χ1) is 7.72. The van der Waals surface area contributed by atoms with Gasteiger partial charge in [-0.2, -0.15) is 0 Å². The van der Waals surface area contributed by atoms with Gasteiger partial charge in [-0.25, -0.2) is 0 Å². The molecule has 2 fully saturated rings. The highest BCUT2D eigenvalue weighted by Gasteiger charge is 2.31. The van der Waals surface area contributed by atoms with Crippen molar-refractivity contribution in [2.24, 2.45) is 0 Å². The third kappa shape index (κ3) is 3.19. The van der Waals surface area contributed by atoms with E-state index in [-0.39, 0.29) is 0 Å². The Morgan fingerprint density at radius 3 is 2.38 bits per heavy atom. The summed E-state index contributed by atoms with van der Waals surface area (Å²) in [6, 6.07) is 0. The van der Waals surface area contributed by atoms with Gasteiger partial charge in [0.05, 0.1) is 0 Å². The van der Waals surface area contributed by atoms with E-state index in [1.54, 1.807) is 0 Å². The number of rotatable bonds is 4. The standard InChI is InChI=1S/C13H27N3/c1-3-7-15-8-10-16(11-9-15)12-13(2)5-4-6-14-13/h14H,3-12H2,1-2H3. The Balaban J connectivity index is 1.72. The first-order valence-electron chi connectivity index (χ1n) is 6.92. The topological polar surface area (TPSA) is 18.5 Å². The van der Waals surface area contributed by atoms with E-state index in [9.17, 15) is 0 Å². The minimum atomic E-state index is 0.396. The van der Waals surface area contributed by atoms with E-state index < -0.39 is 0 Å². The largest absolute Gasteiger partial charge is 0.310 e. The van der Waals surface area contributed by atoms with Crippen LogP contribution in [0, 0.1) is 0 Å². The van der Waals surface area contributed by atoms with Crippen molar-refractivity contribution in [3.8, 4) is 0 Å². The third-order valence-electron chi connectivity index (χ3n) is 4.03. The summed E-state index contributed by atoms with van der Waals surface area (Å²) in [6.45, 7) is 13.5. The van der Waals surface area contributed by atoms with E-state index in [2.05, 4.69) is 29.0 Å². The monoisotopic (exact) mass is 225 g/mol. The van der Waals surface area contributed by atoms with Gasteiger partial charge in [0.2, 0.25) is 0 Å². The van der Waals surface area contributed by atoms with Crippen molar-refractivity contribution in [2.75, 3.05) is 45.8 Å². The van der Waals surface area contributed by atoms with Crippen molar-refractivity contribution in [1.29, 1.82) is 0 Å². The highest BCUT2D eigenvalue weighted by atomic mass is 15.3. The number of nitrogens with zero attached hydrogens (tertiary/aromatic N) is 2. The summed E-state index contributed by atoms with van der Waals surface area (Å²) in [5.41, 5.74) is 0.396. The highest BCUT2D eigenvalue weighted by molar-refractivity contribution is 4.92. The maximum absolute atomic E-state index is 3.66. The Bertz CT molecular complexity index is 203. The molecule has 0 aromatic rings. The van der Waals surface area contributed by atoms with Crippen molar-refractivity contribution in [1.82, 2.24) is 15.1 Å². The average molecular weight is 225 g/mol. The predicted molar refractivity (Wildman–Crippen MR) is 68.8 cm³/mol. The Kier molecular flexibility index (Phi) is 4.22. The van der Waals surface area contributed by atoms with Crippen molar-refractivity contribution in [2.45, 2.75) is 38.6 Å². The minimum Gasteiger partial charge on any atom is -0.310 e. The molecular formula is C13H27N3. The van der Waals surface area contributed by atoms with Crippen LogP contribution in [0.25, 0.3) is 0 Å². The molecule has 2 saturated heterocycles. The van der Waals surface area contributed by atoms with Gasteiger partial charge < -0.3 is 10.2 Å². The van der Waals surface area contributed by atoms with Gasteiger partial charge in [0.25, 0.3) is 0 Å². The van der Waals surface area contributed by atoms with Crippen LogP contribution in [0.15, 0.2) is 0 Å². The van der Waals surface area contributed by atoms with E-state index >= 15 is 0 Å². The van der Waals surface area contributed by atoms with Crippen LogP contribution in [0.5, 0.6) is 0 Å². The quantitative estimate of drug-likeness (QED) is 0.774. The first kappa shape index (κ1) is 12.3. The molecule has 1 atom stereocenters. The summed E-state index contributed by atoms with van der Waals surface area (Å²) < 4.78 is 0.